The minimum atomic E-state index is -0.660. The van der Waals surface area contributed by atoms with Crippen molar-refractivity contribution in [2.75, 3.05) is 11.9 Å². The molecule has 0 aliphatic carbocycles. The third-order valence-corrected chi connectivity index (χ3v) is 2.71. The number of carbonyl (C=O) groups is 1. The molecule has 0 atom stereocenters. The Labute approximate surface area is 117 Å². The van der Waals surface area contributed by atoms with Crippen molar-refractivity contribution in [3.8, 4) is 11.8 Å². The fraction of sp³-hybridized carbons (Fsp3) is 0.167. The molecule has 0 aliphatic heterocycles. The molecule has 0 radical (unpaired) electrons. The van der Waals surface area contributed by atoms with E-state index in [1.54, 1.807) is 0 Å². The van der Waals surface area contributed by atoms with E-state index in [1.807, 2.05) is 0 Å². The van der Waals surface area contributed by atoms with Crippen LogP contribution in [0.25, 0.3) is 0 Å². The van der Waals surface area contributed by atoms with E-state index in [0.29, 0.717) is 12.0 Å². The van der Waals surface area contributed by atoms with Crippen LogP contribution in [0.5, 0.6) is 0 Å². The van der Waals surface area contributed by atoms with Crippen LogP contribution >= 0.6 is 11.5 Å². The molecular formula is C12H9FN4O2S. The zero-order valence-electron chi connectivity index (χ0n) is 10.1. The summed E-state index contributed by atoms with van der Waals surface area (Å²) in [5.74, 6) is 4.12. The maximum Gasteiger partial charge on any atom is 0.260 e. The number of anilines is 1. The predicted molar refractivity (Wildman–Crippen MR) is 70.6 cm³/mol. The normalized spacial score (nSPS) is 9.70. The van der Waals surface area contributed by atoms with E-state index in [-0.39, 0.29) is 17.3 Å². The summed E-state index contributed by atoms with van der Waals surface area (Å²) >= 11 is 0.890. The highest BCUT2D eigenvalue weighted by Crippen LogP contribution is 2.13. The second kappa shape index (κ2) is 6.70. The summed E-state index contributed by atoms with van der Waals surface area (Å²) in [5, 5.41) is 18.1. The SMILES string of the molecule is O=C(Nc1nnns1)c1cc(C#CCCO)ccc1F. The Morgan fingerprint density at radius 2 is 2.35 bits per heavy atom. The Morgan fingerprint density at radius 3 is 3.05 bits per heavy atom. The third kappa shape index (κ3) is 3.57. The number of rotatable bonds is 3. The van der Waals surface area contributed by atoms with E-state index in [1.165, 1.54) is 12.1 Å². The molecule has 2 N–H and O–H groups in total. The molecule has 6 nitrogen and oxygen atoms in total. The molecule has 1 aromatic heterocycles. The minimum absolute atomic E-state index is 0.0500. The van der Waals surface area contributed by atoms with Gasteiger partial charge < -0.3 is 5.11 Å². The highest BCUT2D eigenvalue weighted by molar-refractivity contribution is 7.09. The van der Waals surface area contributed by atoms with Crippen LogP contribution in [-0.4, -0.2) is 32.4 Å². The molecule has 0 spiro atoms. The Morgan fingerprint density at radius 1 is 1.50 bits per heavy atom. The van der Waals surface area contributed by atoms with Gasteiger partial charge in [0, 0.05) is 23.5 Å². The molecule has 0 fully saturated rings. The number of aromatic nitrogens is 3. The molecule has 2 rings (SSSR count). The quantitative estimate of drug-likeness (QED) is 0.826. The molecule has 1 heterocycles. The lowest BCUT2D eigenvalue weighted by molar-refractivity contribution is 0.102. The molecule has 0 saturated heterocycles. The summed E-state index contributed by atoms with van der Waals surface area (Å²) in [7, 11) is 0. The number of hydrogen-bond acceptors (Lipinski definition) is 6. The summed E-state index contributed by atoms with van der Waals surface area (Å²) in [6.45, 7) is -0.0500. The van der Waals surface area contributed by atoms with Crippen molar-refractivity contribution in [1.29, 1.82) is 0 Å². The predicted octanol–water partition coefficient (Wildman–Crippen LogP) is 1.06. The van der Waals surface area contributed by atoms with Gasteiger partial charge in [0.15, 0.2) is 0 Å². The van der Waals surface area contributed by atoms with Crippen LogP contribution in [0.15, 0.2) is 18.2 Å². The molecule has 1 aromatic carbocycles. The van der Waals surface area contributed by atoms with Crippen LogP contribution in [0, 0.1) is 17.7 Å². The monoisotopic (exact) mass is 292 g/mol. The molecule has 0 aliphatic rings. The smallest absolute Gasteiger partial charge is 0.260 e. The Kier molecular flexibility index (Phi) is 4.70. The fourth-order valence-corrected chi connectivity index (χ4v) is 1.71. The van der Waals surface area contributed by atoms with E-state index in [2.05, 4.69) is 32.0 Å². The molecule has 8 heteroatoms. The molecular weight excluding hydrogens is 283 g/mol. The first-order valence-corrected chi connectivity index (χ1v) is 6.33. The van der Waals surface area contributed by atoms with Crippen molar-refractivity contribution in [2.45, 2.75) is 6.42 Å². The molecule has 0 bridgehead atoms. The van der Waals surface area contributed by atoms with Gasteiger partial charge in [0.25, 0.3) is 5.91 Å². The van der Waals surface area contributed by atoms with Crippen molar-refractivity contribution in [2.24, 2.45) is 0 Å². The highest BCUT2D eigenvalue weighted by atomic mass is 32.1. The number of aliphatic hydroxyl groups is 1. The number of benzene rings is 1. The number of aliphatic hydroxyl groups excluding tert-OH is 1. The van der Waals surface area contributed by atoms with Gasteiger partial charge in [0.1, 0.15) is 5.82 Å². The number of amides is 1. The largest absolute Gasteiger partial charge is 0.395 e. The Hall–Kier alpha value is -2.37. The fourth-order valence-electron chi connectivity index (χ4n) is 1.34. The van der Waals surface area contributed by atoms with Crippen molar-refractivity contribution >= 4 is 22.6 Å². The number of carbonyl (C=O) groups excluding carboxylic acids is 1. The lowest BCUT2D eigenvalue weighted by atomic mass is 10.1. The average Bonchev–Trinajstić information content (AvgIpc) is 2.93. The maximum atomic E-state index is 13.6. The number of halogens is 1. The summed E-state index contributed by atoms with van der Waals surface area (Å²) < 4.78 is 17.1. The van der Waals surface area contributed by atoms with Crippen molar-refractivity contribution < 1.29 is 14.3 Å². The first kappa shape index (κ1) is 14.0. The standard InChI is InChI=1S/C12H9FN4O2S/c13-10-5-4-8(3-1-2-6-18)7-9(10)11(19)14-12-15-16-17-20-12/h4-5,7,18H,2,6H2,(H,14,15,17,19). The van der Waals surface area contributed by atoms with Crippen molar-refractivity contribution in [3.63, 3.8) is 0 Å². The minimum Gasteiger partial charge on any atom is -0.395 e. The second-order valence-corrected chi connectivity index (χ2v) is 4.32. The first-order valence-electron chi connectivity index (χ1n) is 5.56. The van der Waals surface area contributed by atoms with Crippen molar-refractivity contribution in [3.05, 3.63) is 35.1 Å². The number of nitrogens with one attached hydrogen (secondary N) is 1. The van der Waals surface area contributed by atoms with Gasteiger partial charge in [0.05, 0.1) is 12.2 Å². The summed E-state index contributed by atoms with van der Waals surface area (Å²) in [6, 6.07) is 3.96. The average molecular weight is 292 g/mol. The van der Waals surface area contributed by atoms with Crippen LogP contribution in [0.2, 0.25) is 0 Å². The second-order valence-electron chi connectivity index (χ2n) is 3.59. The van der Waals surface area contributed by atoms with E-state index in [0.717, 1.165) is 17.6 Å². The van der Waals surface area contributed by atoms with Gasteiger partial charge in [-0.15, -0.1) is 0 Å². The van der Waals surface area contributed by atoms with Gasteiger partial charge in [-0.3, -0.25) is 10.1 Å². The van der Waals surface area contributed by atoms with Gasteiger partial charge in [-0.2, -0.15) is 0 Å². The van der Waals surface area contributed by atoms with Crippen LogP contribution in [0.3, 0.4) is 0 Å². The van der Waals surface area contributed by atoms with E-state index in [9.17, 15) is 9.18 Å². The van der Waals surface area contributed by atoms with Crippen molar-refractivity contribution in [1.82, 2.24) is 14.8 Å². The van der Waals surface area contributed by atoms with Gasteiger partial charge >= 0.3 is 0 Å². The van der Waals surface area contributed by atoms with E-state index < -0.39 is 11.7 Å². The Bertz CT molecular complexity index is 664. The van der Waals surface area contributed by atoms with Gasteiger partial charge in [0.2, 0.25) is 5.13 Å². The molecule has 102 valence electrons. The molecule has 20 heavy (non-hydrogen) atoms. The van der Waals surface area contributed by atoms with E-state index in [4.69, 9.17) is 5.11 Å². The van der Waals surface area contributed by atoms with Gasteiger partial charge in [-0.1, -0.05) is 21.4 Å². The van der Waals surface area contributed by atoms with Crippen LogP contribution in [0.4, 0.5) is 9.52 Å². The highest BCUT2D eigenvalue weighted by Gasteiger charge is 2.14. The van der Waals surface area contributed by atoms with Gasteiger partial charge in [-0.25, -0.2) is 4.39 Å². The topological polar surface area (TPSA) is 88.0 Å². The number of hydrogen-bond donors (Lipinski definition) is 2. The zero-order chi connectivity index (χ0) is 14.4. The molecule has 0 saturated carbocycles. The van der Waals surface area contributed by atoms with Crippen LogP contribution in [-0.2, 0) is 0 Å². The summed E-state index contributed by atoms with van der Waals surface area (Å²) in [6.07, 6.45) is 0.315. The van der Waals surface area contributed by atoms with E-state index >= 15 is 0 Å². The third-order valence-electron chi connectivity index (χ3n) is 2.20. The van der Waals surface area contributed by atoms with Crippen LogP contribution in [0.1, 0.15) is 22.3 Å². The molecule has 1 amide bonds. The van der Waals surface area contributed by atoms with Crippen LogP contribution < -0.4 is 5.32 Å². The maximum absolute atomic E-state index is 13.6. The summed E-state index contributed by atoms with van der Waals surface area (Å²) in [5.41, 5.74) is 0.344. The van der Waals surface area contributed by atoms with Gasteiger partial charge in [-0.05, 0) is 23.4 Å². The summed E-state index contributed by atoms with van der Waals surface area (Å²) in [4.78, 5) is 11.9. The Balaban J connectivity index is 2.20. The molecule has 2 aromatic rings. The number of nitrogens with zero attached hydrogens (tertiary/aromatic N) is 3. The lowest BCUT2D eigenvalue weighted by Gasteiger charge is -2.03. The lowest BCUT2D eigenvalue weighted by Crippen LogP contribution is -2.13. The molecule has 0 unspecified atom stereocenters. The first-order chi connectivity index (χ1) is 9.70. The zero-order valence-corrected chi connectivity index (χ0v) is 10.9.